The standard InChI is InChI=1S/C17H28N6.HI/c1-22-7-9-23(10-8-22)16-11-15(5-6-19-16)13-21-17(18)20-12-14-3-2-4-14;/h5-6,11,14H,2-4,7-10,12-13H2,1H3,(H3,18,20,21);1H. The Kier molecular flexibility index (Phi) is 7.54. The van der Waals surface area contributed by atoms with E-state index in [1.165, 1.54) is 19.3 Å². The van der Waals surface area contributed by atoms with Gasteiger partial charge in [-0.05, 0) is 43.5 Å². The number of nitrogens with one attached hydrogen (secondary N) is 1. The maximum atomic E-state index is 5.95. The van der Waals surface area contributed by atoms with E-state index < -0.39 is 0 Å². The molecule has 0 unspecified atom stereocenters. The topological polar surface area (TPSA) is 69.8 Å². The van der Waals surface area contributed by atoms with Crippen molar-refractivity contribution >= 4 is 35.8 Å². The van der Waals surface area contributed by atoms with E-state index in [1.807, 2.05) is 12.3 Å². The van der Waals surface area contributed by atoms with Crippen LogP contribution in [0.5, 0.6) is 0 Å². The molecule has 7 heteroatoms. The maximum absolute atomic E-state index is 5.95. The van der Waals surface area contributed by atoms with Crippen molar-refractivity contribution in [2.24, 2.45) is 16.6 Å². The fourth-order valence-corrected chi connectivity index (χ4v) is 2.95. The van der Waals surface area contributed by atoms with E-state index >= 15 is 0 Å². The molecule has 2 aliphatic rings. The number of hydrogen-bond acceptors (Lipinski definition) is 4. The molecule has 1 aromatic heterocycles. The Bertz CT molecular complexity index is 538. The summed E-state index contributed by atoms with van der Waals surface area (Å²) in [6.45, 7) is 5.79. The van der Waals surface area contributed by atoms with Crippen molar-refractivity contribution in [1.82, 2.24) is 15.2 Å². The van der Waals surface area contributed by atoms with Gasteiger partial charge in [-0.2, -0.15) is 0 Å². The summed E-state index contributed by atoms with van der Waals surface area (Å²) in [5, 5.41) is 3.23. The van der Waals surface area contributed by atoms with Crippen LogP contribution in [0.3, 0.4) is 0 Å². The van der Waals surface area contributed by atoms with Crippen molar-refractivity contribution in [3.8, 4) is 0 Å². The Morgan fingerprint density at radius 2 is 2.08 bits per heavy atom. The van der Waals surface area contributed by atoms with Gasteiger partial charge >= 0.3 is 0 Å². The van der Waals surface area contributed by atoms with Crippen LogP contribution in [0.1, 0.15) is 24.8 Å². The largest absolute Gasteiger partial charge is 0.370 e. The molecule has 0 spiro atoms. The van der Waals surface area contributed by atoms with E-state index in [9.17, 15) is 0 Å². The third kappa shape index (κ3) is 5.47. The van der Waals surface area contributed by atoms with Crippen LogP contribution < -0.4 is 16.0 Å². The zero-order valence-electron chi connectivity index (χ0n) is 14.4. The number of guanidine groups is 1. The summed E-state index contributed by atoms with van der Waals surface area (Å²) < 4.78 is 0. The lowest BCUT2D eigenvalue weighted by atomic mass is 9.85. The summed E-state index contributed by atoms with van der Waals surface area (Å²) in [6, 6.07) is 4.15. The number of hydrogen-bond donors (Lipinski definition) is 2. The summed E-state index contributed by atoms with van der Waals surface area (Å²) in [5.41, 5.74) is 7.11. The second-order valence-electron chi connectivity index (χ2n) is 6.69. The Labute approximate surface area is 161 Å². The molecule has 1 saturated carbocycles. The first-order valence-corrected chi connectivity index (χ1v) is 8.63. The fraction of sp³-hybridized carbons (Fsp3) is 0.647. The van der Waals surface area contributed by atoms with Crippen molar-refractivity contribution in [1.29, 1.82) is 0 Å². The number of pyridine rings is 1. The van der Waals surface area contributed by atoms with Gasteiger partial charge in [0.1, 0.15) is 5.82 Å². The van der Waals surface area contributed by atoms with Crippen LogP contribution in [0.2, 0.25) is 0 Å². The minimum absolute atomic E-state index is 0. The molecule has 2 fully saturated rings. The van der Waals surface area contributed by atoms with Gasteiger partial charge in [0.05, 0.1) is 6.54 Å². The number of likely N-dealkylation sites (N-methyl/N-ethyl adjacent to an activating group) is 1. The Morgan fingerprint density at radius 3 is 2.75 bits per heavy atom. The van der Waals surface area contributed by atoms with Crippen LogP contribution in [-0.2, 0) is 6.54 Å². The van der Waals surface area contributed by atoms with Crippen LogP contribution >= 0.6 is 24.0 Å². The number of nitrogens with two attached hydrogens (primary N) is 1. The second-order valence-corrected chi connectivity index (χ2v) is 6.69. The van der Waals surface area contributed by atoms with Gasteiger partial charge in [0.25, 0.3) is 0 Å². The van der Waals surface area contributed by atoms with E-state index in [0.717, 1.165) is 50.0 Å². The van der Waals surface area contributed by atoms with Crippen LogP contribution in [-0.4, -0.2) is 55.6 Å². The van der Waals surface area contributed by atoms with E-state index in [1.54, 1.807) is 0 Å². The lowest BCUT2D eigenvalue weighted by Gasteiger charge is -2.33. The van der Waals surface area contributed by atoms with E-state index in [2.05, 4.69) is 38.2 Å². The zero-order valence-corrected chi connectivity index (χ0v) is 16.8. The van der Waals surface area contributed by atoms with Gasteiger partial charge in [0.15, 0.2) is 5.96 Å². The summed E-state index contributed by atoms with van der Waals surface area (Å²) in [4.78, 5) is 13.6. The summed E-state index contributed by atoms with van der Waals surface area (Å²) in [7, 11) is 2.16. The molecule has 2 heterocycles. The van der Waals surface area contributed by atoms with Crippen molar-refractivity contribution in [3.05, 3.63) is 23.9 Å². The van der Waals surface area contributed by atoms with Crippen LogP contribution in [0.25, 0.3) is 0 Å². The quantitative estimate of drug-likeness (QED) is 0.411. The van der Waals surface area contributed by atoms with E-state index in [0.29, 0.717) is 12.5 Å². The number of rotatable bonds is 5. The first-order chi connectivity index (χ1) is 11.2. The number of anilines is 1. The molecular formula is C17H29IN6. The second kappa shape index (κ2) is 9.41. The van der Waals surface area contributed by atoms with E-state index in [-0.39, 0.29) is 24.0 Å². The fourth-order valence-electron chi connectivity index (χ4n) is 2.95. The van der Waals surface area contributed by atoms with E-state index in [4.69, 9.17) is 5.73 Å². The molecule has 3 rings (SSSR count). The van der Waals surface area contributed by atoms with Gasteiger partial charge in [0.2, 0.25) is 0 Å². The number of nitrogens with zero attached hydrogens (tertiary/aromatic N) is 4. The van der Waals surface area contributed by atoms with Crippen molar-refractivity contribution in [2.75, 3.05) is 44.7 Å². The summed E-state index contributed by atoms with van der Waals surface area (Å²) in [6.07, 6.45) is 5.87. The van der Waals surface area contributed by atoms with Gasteiger partial charge in [0, 0.05) is 38.9 Å². The number of piperazine rings is 1. The molecule has 3 N–H and O–H groups in total. The van der Waals surface area contributed by atoms with Crippen molar-refractivity contribution in [3.63, 3.8) is 0 Å². The van der Waals surface area contributed by atoms with Crippen LogP contribution in [0, 0.1) is 5.92 Å². The predicted octanol–water partition coefficient (Wildman–Crippen LogP) is 1.66. The number of halogens is 1. The SMILES string of the molecule is CN1CCN(c2cc(CN=C(N)NCC3CCC3)ccn2)CC1.I. The highest BCUT2D eigenvalue weighted by molar-refractivity contribution is 14.0. The molecule has 134 valence electrons. The van der Waals surface area contributed by atoms with Gasteiger partial charge in [-0.15, -0.1) is 24.0 Å². The van der Waals surface area contributed by atoms with Gasteiger partial charge in [-0.1, -0.05) is 6.42 Å². The Balaban J connectivity index is 0.00000208. The highest BCUT2D eigenvalue weighted by Gasteiger charge is 2.17. The lowest BCUT2D eigenvalue weighted by molar-refractivity contribution is 0.312. The maximum Gasteiger partial charge on any atom is 0.188 e. The lowest BCUT2D eigenvalue weighted by Crippen LogP contribution is -2.44. The molecule has 0 aromatic carbocycles. The molecule has 1 saturated heterocycles. The summed E-state index contributed by atoms with van der Waals surface area (Å²) >= 11 is 0. The molecule has 24 heavy (non-hydrogen) atoms. The summed E-state index contributed by atoms with van der Waals surface area (Å²) in [5.74, 6) is 2.38. The average molecular weight is 444 g/mol. The molecule has 1 aromatic rings. The highest BCUT2D eigenvalue weighted by atomic mass is 127. The zero-order chi connectivity index (χ0) is 16.1. The highest BCUT2D eigenvalue weighted by Crippen LogP contribution is 2.25. The molecule has 1 aliphatic carbocycles. The molecular weight excluding hydrogens is 415 g/mol. The molecule has 0 atom stereocenters. The van der Waals surface area contributed by atoms with Crippen molar-refractivity contribution < 1.29 is 0 Å². The number of aliphatic imine (C=N–C) groups is 1. The molecule has 0 amide bonds. The minimum atomic E-state index is 0. The molecule has 0 bridgehead atoms. The molecule has 6 nitrogen and oxygen atoms in total. The molecule has 1 aliphatic heterocycles. The minimum Gasteiger partial charge on any atom is -0.370 e. The third-order valence-corrected chi connectivity index (χ3v) is 4.87. The van der Waals surface area contributed by atoms with Crippen LogP contribution in [0.15, 0.2) is 23.3 Å². The first-order valence-electron chi connectivity index (χ1n) is 8.63. The van der Waals surface area contributed by atoms with Crippen LogP contribution in [0.4, 0.5) is 5.82 Å². The molecule has 0 radical (unpaired) electrons. The first kappa shape index (κ1) is 19.2. The third-order valence-electron chi connectivity index (χ3n) is 4.87. The van der Waals surface area contributed by atoms with Gasteiger partial charge < -0.3 is 20.9 Å². The van der Waals surface area contributed by atoms with Gasteiger partial charge in [-0.25, -0.2) is 9.98 Å². The normalized spacial score (nSPS) is 19.5. The monoisotopic (exact) mass is 444 g/mol. The number of aromatic nitrogens is 1. The Hall–Kier alpha value is -1.09. The Morgan fingerprint density at radius 1 is 1.33 bits per heavy atom. The van der Waals surface area contributed by atoms with Crippen molar-refractivity contribution in [2.45, 2.75) is 25.8 Å². The average Bonchev–Trinajstić information content (AvgIpc) is 2.52. The smallest absolute Gasteiger partial charge is 0.188 e. The van der Waals surface area contributed by atoms with Gasteiger partial charge in [-0.3, -0.25) is 0 Å². The predicted molar refractivity (Wildman–Crippen MR) is 110 cm³/mol.